The topological polar surface area (TPSA) is 142 Å². The molecule has 1 aliphatic heterocycles. The van der Waals surface area contributed by atoms with Gasteiger partial charge in [-0.1, -0.05) is 56.2 Å². The van der Waals surface area contributed by atoms with Gasteiger partial charge in [0.2, 0.25) is 15.9 Å². The first-order valence-electron chi connectivity index (χ1n) is 14.2. The van der Waals surface area contributed by atoms with Gasteiger partial charge in [0.1, 0.15) is 6.54 Å². The Morgan fingerprint density at radius 3 is 2.60 bits per heavy atom. The van der Waals surface area contributed by atoms with Crippen molar-refractivity contribution in [3.8, 4) is 0 Å². The number of aromatic nitrogens is 2. The van der Waals surface area contributed by atoms with Gasteiger partial charge in [0.05, 0.1) is 28.3 Å². The van der Waals surface area contributed by atoms with E-state index >= 15 is 0 Å². The van der Waals surface area contributed by atoms with Crippen molar-refractivity contribution >= 4 is 33.2 Å². The third-order valence-corrected chi connectivity index (χ3v) is 10.0. The first-order valence-corrected chi connectivity index (χ1v) is 16.0. The van der Waals surface area contributed by atoms with Crippen LogP contribution in [0.4, 0.5) is 5.69 Å². The predicted molar refractivity (Wildman–Crippen MR) is 155 cm³/mol. The van der Waals surface area contributed by atoms with Gasteiger partial charge in [-0.3, -0.25) is 9.59 Å². The SMILES string of the molecule is Cc1ccc(NC(=O)Cn2ncc(Cl)c(CO)c2=O)cc1S(=O)(=O)NCCC1CCCC2(CCCCCCC2)N1. The number of piperidine rings is 1. The molecule has 2 aromatic rings. The molecule has 4 N–H and O–H groups in total. The molecule has 4 rings (SSSR count). The average Bonchev–Trinajstić information content (AvgIpc) is 2.90. The van der Waals surface area contributed by atoms with Crippen LogP contribution in [0.2, 0.25) is 5.02 Å². The van der Waals surface area contributed by atoms with Gasteiger partial charge < -0.3 is 15.7 Å². The highest BCUT2D eigenvalue weighted by Gasteiger charge is 2.35. The monoisotopic (exact) mass is 593 g/mol. The van der Waals surface area contributed by atoms with Gasteiger partial charge in [-0.15, -0.1) is 0 Å². The summed E-state index contributed by atoms with van der Waals surface area (Å²) in [6, 6.07) is 4.93. The van der Waals surface area contributed by atoms with Gasteiger partial charge in [-0.2, -0.15) is 5.10 Å². The molecule has 1 spiro atoms. The van der Waals surface area contributed by atoms with Crippen LogP contribution in [0.3, 0.4) is 0 Å². The Hall–Kier alpha value is -2.31. The molecule has 12 heteroatoms. The number of nitrogens with zero attached hydrogens (tertiary/aromatic N) is 2. The maximum Gasteiger partial charge on any atom is 0.274 e. The Kier molecular flexibility index (Phi) is 10.4. The molecule has 2 fully saturated rings. The highest BCUT2D eigenvalue weighted by Crippen LogP contribution is 2.35. The van der Waals surface area contributed by atoms with Gasteiger partial charge in [-0.05, 0) is 56.7 Å². The largest absolute Gasteiger partial charge is 0.391 e. The zero-order valence-corrected chi connectivity index (χ0v) is 24.6. The van der Waals surface area contributed by atoms with Crippen LogP contribution in [0, 0.1) is 6.92 Å². The number of rotatable bonds is 9. The van der Waals surface area contributed by atoms with E-state index in [2.05, 4.69) is 20.5 Å². The molecule has 1 aliphatic carbocycles. The molecule has 0 bridgehead atoms. The van der Waals surface area contributed by atoms with Crippen LogP contribution in [0.1, 0.15) is 81.8 Å². The lowest BCUT2D eigenvalue weighted by Gasteiger charge is -2.44. The Balaban J connectivity index is 1.36. The Morgan fingerprint density at radius 2 is 1.88 bits per heavy atom. The molecule has 1 atom stereocenters. The molecule has 1 unspecified atom stereocenters. The number of hydrogen-bond donors (Lipinski definition) is 4. The third-order valence-electron chi connectivity index (χ3n) is 8.12. The first-order chi connectivity index (χ1) is 19.1. The molecule has 1 aromatic carbocycles. The summed E-state index contributed by atoms with van der Waals surface area (Å²) in [6.45, 7) is 1.03. The molecule has 1 amide bonds. The van der Waals surface area contributed by atoms with Crippen LogP contribution in [-0.4, -0.2) is 47.3 Å². The number of nitrogens with one attached hydrogen (secondary N) is 3. The number of carbonyl (C=O) groups is 1. The zero-order chi connectivity index (χ0) is 28.8. The summed E-state index contributed by atoms with van der Waals surface area (Å²) in [5.41, 5.74) is 0.313. The Labute approximate surface area is 240 Å². The van der Waals surface area contributed by atoms with Crippen molar-refractivity contribution in [3.63, 3.8) is 0 Å². The molecular formula is C28H40ClN5O5S. The predicted octanol–water partition coefficient (Wildman–Crippen LogP) is 3.63. The molecule has 1 aromatic heterocycles. The number of carbonyl (C=O) groups excluding carboxylic acids is 1. The van der Waals surface area contributed by atoms with E-state index in [0.29, 0.717) is 18.2 Å². The number of benzene rings is 1. The Morgan fingerprint density at radius 1 is 1.18 bits per heavy atom. The van der Waals surface area contributed by atoms with Crippen LogP contribution in [0.25, 0.3) is 0 Å². The summed E-state index contributed by atoms with van der Waals surface area (Å²) >= 11 is 5.87. The number of hydrogen-bond acceptors (Lipinski definition) is 7. The van der Waals surface area contributed by atoms with Crippen LogP contribution in [0.15, 0.2) is 34.1 Å². The van der Waals surface area contributed by atoms with Crippen molar-refractivity contribution in [1.29, 1.82) is 0 Å². The highest BCUT2D eigenvalue weighted by atomic mass is 35.5. The fourth-order valence-electron chi connectivity index (χ4n) is 5.97. The molecule has 10 nitrogen and oxygen atoms in total. The number of halogens is 1. The number of aryl methyl sites for hydroxylation is 1. The van der Waals surface area contributed by atoms with Crippen molar-refractivity contribution in [2.45, 2.75) is 107 Å². The van der Waals surface area contributed by atoms with Crippen molar-refractivity contribution in [3.05, 3.63) is 50.9 Å². The molecule has 2 aliphatic rings. The van der Waals surface area contributed by atoms with Gasteiger partial charge in [-0.25, -0.2) is 17.8 Å². The first kappa shape index (κ1) is 30.6. The summed E-state index contributed by atoms with van der Waals surface area (Å²) in [5.74, 6) is -0.576. The van der Waals surface area contributed by atoms with E-state index in [4.69, 9.17) is 11.6 Å². The maximum absolute atomic E-state index is 13.2. The minimum absolute atomic E-state index is 0.0173. The summed E-state index contributed by atoms with van der Waals surface area (Å²) in [5, 5.41) is 19.7. The van der Waals surface area contributed by atoms with Gasteiger partial charge in [0.25, 0.3) is 5.56 Å². The second kappa shape index (κ2) is 13.6. The minimum Gasteiger partial charge on any atom is -0.391 e. The Bertz CT molecular complexity index is 1360. The lowest BCUT2D eigenvalue weighted by atomic mass is 9.76. The number of sulfonamides is 1. The molecular weight excluding hydrogens is 554 g/mol. The van der Waals surface area contributed by atoms with E-state index in [1.165, 1.54) is 70.1 Å². The van der Waals surface area contributed by atoms with Gasteiger partial charge in [0, 0.05) is 23.8 Å². The van der Waals surface area contributed by atoms with E-state index in [0.717, 1.165) is 17.5 Å². The molecule has 2 heterocycles. The molecule has 1 saturated heterocycles. The van der Waals surface area contributed by atoms with E-state index in [-0.39, 0.29) is 26.7 Å². The summed E-state index contributed by atoms with van der Waals surface area (Å²) in [6.07, 6.45) is 14.2. The van der Waals surface area contributed by atoms with E-state index in [1.54, 1.807) is 19.1 Å². The standard InChI is InChI=1S/C28H40ClN5O5S/c1-20-9-10-22(32-26(36)18-34-27(37)23(19-35)24(29)17-30-34)16-25(20)40(38,39)31-15-11-21-8-7-14-28(33-21)12-5-3-2-4-6-13-28/h9-10,16-17,21,31,33,35H,2-8,11-15,18-19H2,1H3,(H,32,36). The third kappa shape index (κ3) is 7.70. The van der Waals surface area contributed by atoms with E-state index in [1.807, 2.05) is 0 Å². The van der Waals surface area contributed by atoms with Crippen molar-refractivity contribution < 1.29 is 18.3 Å². The fraction of sp³-hybridized carbons (Fsp3) is 0.607. The second-order valence-electron chi connectivity index (χ2n) is 11.1. The summed E-state index contributed by atoms with van der Waals surface area (Å²) in [7, 11) is -3.81. The van der Waals surface area contributed by atoms with Crippen LogP contribution in [0.5, 0.6) is 0 Å². The highest BCUT2D eigenvalue weighted by molar-refractivity contribution is 7.89. The van der Waals surface area contributed by atoms with Crippen LogP contribution in [-0.2, 0) is 28.0 Å². The number of amides is 1. The fourth-order valence-corrected chi connectivity index (χ4v) is 7.47. The average molecular weight is 594 g/mol. The van der Waals surface area contributed by atoms with Crippen molar-refractivity contribution in [1.82, 2.24) is 19.8 Å². The van der Waals surface area contributed by atoms with Crippen LogP contribution < -0.4 is 20.9 Å². The lowest BCUT2D eigenvalue weighted by molar-refractivity contribution is -0.117. The second-order valence-corrected chi connectivity index (χ2v) is 13.2. The van der Waals surface area contributed by atoms with Gasteiger partial charge in [0.15, 0.2) is 0 Å². The van der Waals surface area contributed by atoms with Crippen molar-refractivity contribution in [2.24, 2.45) is 0 Å². The normalized spacial score (nSPS) is 19.6. The van der Waals surface area contributed by atoms with E-state index in [9.17, 15) is 23.1 Å². The summed E-state index contributed by atoms with van der Waals surface area (Å²) in [4.78, 5) is 25.0. The number of aliphatic hydroxyl groups is 1. The number of anilines is 1. The van der Waals surface area contributed by atoms with Crippen LogP contribution >= 0.6 is 11.6 Å². The molecule has 0 radical (unpaired) electrons. The number of aliphatic hydroxyl groups excluding tert-OH is 1. The molecule has 40 heavy (non-hydrogen) atoms. The quantitative estimate of drug-likeness (QED) is 0.348. The van der Waals surface area contributed by atoms with E-state index < -0.39 is 34.6 Å². The zero-order valence-electron chi connectivity index (χ0n) is 23.0. The van der Waals surface area contributed by atoms with Gasteiger partial charge >= 0.3 is 0 Å². The smallest absolute Gasteiger partial charge is 0.274 e. The molecule has 1 saturated carbocycles. The molecule has 220 valence electrons. The lowest BCUT2D eigenvalue weighted by Crippen LogP contribution is -2.54. The maximum atomic E-state index is 13.2. The van der Waals surface area contributed by atoms with Crippen molar-refractivity contribution in [2.75, 3.05) is 11.9 Å². The summed E-state index contributed by atoms with van der Waals surface area (Å²) < 4.78 is 30.1. The minimum atomic E-state index is -3.81.